The molecule has 5 nitrogen and oxygen atoms in total. The fourth-order valence-electron chi connectivity index (χ4n) is 1.58. The topological polar surface area (TPSA) is 59.0 Å². The van der Waals surface area contributed by atoms with Crippen LogP contribution in [-0.2, 0) is 11.8 Å². The molecule has 1 aliphatic heterocycles. The van der Waals surface area contributed by atoms with Crippen LogP contribution in [0.1, 0.15) is 11.7 Å². The van der Waals surface area contributed by atoms with Crippen molar-refractivity contribution in [3.63, 3.8) is 0 Å². The van der Waals surface area contributed by atoms with E-state index < -0.39 is 0 Å². The second kappa shape index (κ2) is 3.35. The summed E-state index contributed by atoms with van der Waals surface area (Å²) in [7, 11) is 1.83. The van der Waals surface area contributed by atoms with Crippen LogP contribution < -0.4 is 10.9 Å². The molecular weight excluding hydrogens is 170 g/mol. The Morgan fingerprint density at radius 2 is 2.54 bits per heavy atom. The smallest absolute Gasteiger partial charge is 0.264 e. The van der Waals surface area contributed by atoms with Gasteiger partial charge < -0.3 is 10.1 Å². The van der Waals surface area contributed by atoms with Gasteiger partial charge in [-0.2, -0.15) is 0 Å². The summed E-state index contributed by atoms with van der Waals surface area (Å²) in [6, 6.07) is 1.74. The second-order valence-corrected chi connectivity index (χ2v) is 3.19. The lowest BCUT2D eigenvalue weighted by molar-refractivity contribution is 0.0744. The van der Waals surface area contributed by atoms with Gasteiger partial charge in [0, 0.05) is 19.7 Å². The maximum absolute atomic E-state index is 11.0. The maximum Gasteiger partial charge on any atom is 0.264 e. The highest BCUT2D eigenvalue weighted by Gasteiger charge is 2.18. The predicted molar refractivity (Wildman–Crippen MR) is 47.6 cm³/mol. The normalized spacial score (nSPS) is 23.3. The van der Waals surface area contributed by atoms with Gasteiger partial charge in [0.25, 0.3) is 5.56 Å². The molecule has 0 radical (unpaired) electrons. The molecule has 0 bridgehead atoms. The molecule has 1 aliphatic rings. The minimum absolute atomic E-state index is 0.0649. The Labute approximate surface area is 75.7 Å². The first kappa shape index (κ1) is 8.52. The van der Waals surface area contributed by atoms with Crippen molar-refractivity contribution in [3.05, 3.63) is 22.1 Å². The van der Waals surface area contributed by atoms with Gasteiger partial charge in [-0.15, -0.1) is 0 Å². The minimum Gasteiger partial charge on any atom is -0.378 e. The Morgan fingerprint density at radius 3 is 3.08 bits per heavy atom. The van der Waals surface area contributed by atoms with Crippen molar-refractivity contribution in [2.24, 2.45) is 7.05 Å². The summed E-state index contributed by atoms with van der Waals surface area (Å²) < 4.78 is 7.04. The molecule has 1 aromatic rings. The van der Waals surface area contributed by atoms with Crippen molar-refractivity contribution in [2.75, 3.05) is 19.8 Å². The summed E-state index contributed by atoms with van der Waals surface area (Å²) in [6.07, 6.45) is 0. The lowest BCUT2D eigenvalue weighted by Crippen LogP contribution is -2.35. The van der Waals surface area contributed by atoms with Gasteiger partial charge in [0.1, 0.15) is 0 Å². The van der Waals surface area contributed by atoms with E-state index in [0.717, 1.165) is 18.8 Å². The molecule has 5 heteroatoms. The van der Waals surface area contributed by atoms with Gasteiger partial charge in [0.2, 0.25) is 0 Å². The summed E-state index contributed by atoms with van der Waals surface area (Å²) >= 11 is 0. The van der Waals surface area contributed by atoms with Gasteiger partial charge in [0.05, 0.1) is 24.9 Å². The van der Waals surface area contributed by atoms with Crippen molar-refractivity contribution in [1.82, 2.24) is 15.1 Å². The van der Waals surface area contributed by atoms with E-state index in [9.17, 15) is 4.79 Å². The molecule has 0 spiro atoms. The second-order valence-electron chi connectivity index (χ2n) is 3.19. The van der Waals surface area contributed by atoms with E-state index in [-0.39, 0.29) is 11.6 Å². The highest BCUT2D eigenvalue weighted by Crippen LogP contribution is 2.12. The number of rotatable bonds is 1. The Morgan fingerprint density at radius 1 is 1.69 bits per heavy atom. The van der Waals surface area contributed by atoms with Gasteiger partial charge in [-0.1, -0.05) is 0 Å². The quantitative estimate of drug-likeness (QED) is 0.609. The number of aromatic nitrogens is 2. The molecule has 0 amide bonds. The Hall–Kier alpha value is -1.07. The fourth-order valence-corrected chi connectivity index (χ4v) is 1.58. The number of aromatic amines is 1. The molecule has 1 saturated heterocycles. The van der Waals surface area contributed by atoms with Crippen LogP contribution >= 0.6 is 0 Å². The van der Waals surface area contributed by atoms with E-state index in [1.165, 1.54) is 0 Å². The molecule has 0 saturated carbocycles. The monoisotopic (exact) mass is 183 g/mol. The van der Waals surface area contributed by atoms with Gasteiger partial charge in [-0.25, -0.2) is 0 Å². The molecule has 1 aromatic heterocycles. The lowest BCUT2D eigenvalue weighted by Gasteiger charge is -2.23. The van der Waals surface area contributed by atoms with Crippen LogP contribution in [0.25, 0.3) is 0 Å². The Balaban J connectivity index is 2.23. The van der Waals surface area contributed by atoms with E-state index in [1.54, 1.807) is 10.7 Å². The van der Waals surface area contributed by atoms with E-state index in [4.69, 9.17) is 4.74 Å². The minimum atomic E-state index is -0.0649. The zero-order valence-corrected chi connectivity index (χ0v) is 7.54. The fraction of sp³-hybridized carbons (Fsp3) is 0.625. The van der Waals surface area contributed by atoms with E-state index >= 15 is 0 Å². The average molecular weight is 183 g/mol. The molecular formula is C8H13N3O2. The third kappa shape index (κ3) is 1.66. The standard InChI is InChI=1S/C8H13N3O2/c1-11-7(4-8(12)10-11)6-5-13-3-2-9-6/h4,6,9H,2-3,5H2,1H3,(H,10,12). The number of hydrogen-bond acceptors (Lipinski definition) is 3. The number of hydrogen-bond donors (Lipinski definition) is 2. The number of H-pyrrole nitrogens is 1. The van der Waals surface area contributed by atoms with Gasteiger partial charge in [-0.05, 0) is 0 Å². The molecule has 0 aliphatic carbocycles. The zero-order chi connectivity index (χ0) is 9.26. The number of nitrogens with one attached hydrogen (secondary N) is 2. The van der Waals surface area contributed by atoms with Gasteiger partial charge >= 0.3 is 0 Å². The zero-order valence-electron chi connectivity index (χ0n) is 7.54. The maximum atomic E-state index is 11.0. The van der Waals surface area contributed by atoms with Crippen LogP contribution in [0, 0.1) is 0 Å². The SMILES string of the molecule is Cn1[nH]c(=O)cc1C1COCCN1. The van der Waals surface area contributed by atoms with Crippen LogP contribution in [0.15, 0.2) is 10.9 Å². The predicted octanol–water partition coefficient (Wildman–Crippen LogP) is -0.626. The highest BCUT2D eigenvalue weighted by atomic mass is 16.5. The number of nitrogens with zero attached hydrogens (tertiary/aromatic N) is 1. The lowest BCUT2D eigenvalue weighted by atomic mass is 10.2. The Bertz CT molecular complexity index is 335. The van der Waals surface area contributed by atoms with Crippen LogP contribution in [0.3, 0.4) is 0 Å². The summed E-state index contributed by atoms with van der Waals surface area (Å²) in [6.45, 7) is 2.21. The summed E-state index contributed by atoms with van der Waals surface area (Å²) in [4.78, 5) is 11.0. The highest BCUT2D eigenvalue weighted by molar-refractivity contribution is 5.07. The van der Waals surface area contributed by atoms with Crippen LogP contribution in [0.5, 0.6) is 0 Å². The molecule has 2 N–H and O–H groups in total. The third-order valence-corrected chi connectivity index (χ3v) is 2.22. The van der Waals surface area contributed by atoms with E-state index in [1.807, 2.05) is 7.05 Å². The largest absolute Gasteiger partial charge is 0.378 e. The summed E-state index contributed by atoms with van der Waals surface area (Å²) in [5.74, 6) is 0. The summed E-state index contributed by atoms with van der Waals surface area (Å²) in [5, 5.41) is 5.96. The van der Waals surface area contributed by atoms with E-state index in [2.05, 4.69) is 10.4 Å². The first-order valence-corrected chi connectivity index (χ1v) is 4.34. The van der Waals surface area contributed by atoms with Crippen LogP contribution in [0.2, 0.25) is 0 Å². The number of aryl methyl sites for hydroxylation is 1. The number of ether oxygens (including phenoxy) is 1. The molecule has 1 atom stereocenters. The molecule has 72 valence electrons. The Kier molecular flexibility index (Phi) is 2.20. The molecule has 1 unspecified atom stereocenters. The average Bonchev–Trinajstić information content (AvgIpc) is 2.47. The third-order valence-electron chi connectivity index (χ3n) is 2.22. The number of morpholine rings is 1. The van der Waals surface area contributed by atoms with Crippen molar-refractivity contribution < 1.29 is 4.74 Å². The molecule has 2 heterocycles. The van der Waals surface area contributed by atoms with Gasteiger partial charge in [-0.3, -0.25) is 14.6 Å². The molecule has 2 rings (SSSR count). The van der Waals surface area contributed by atoms with Crippen molar-refractivity contribution >= 4 is 0 Å². The van der Waals surface area contributed by atoms with Crippen LogP contribution in [-0.4, -0.2) is 29.5 Å². The van der Waals surface area contributed by atoms with Crippen molar-refractivity contribution in [2.45, 2.75) is 6.04 Å². The first-order valence-electron chi connectivity index (χ1n) is 4.34. The first-order chi connectivity index (χ1) is 6.27. The van der Waals surface area contributed by atoms with Crippen LogP contribution in [0.4, 0.5) is 0 Å². The van der Waals surface area contributed by atoms with Gasteiger partial charge in [0.15, 0.2) is 0 Å². The van der Waals surface area contributed by atoms with Crippen molar-refractivity contribution in [3.8, 4) is 0 Å². The molecule has 1 fully saturated rings. The van der Waals surface area contributed by atoms with Crippen molar-refractivity contribution in [1.29, 1.82) is 0 Å². The molecule has 13 heavy (non-hydrogen) atoms. The molecule has 0 aromatic carbocycles. The van der Waals surface area contributed by atoms with E-state index in [0.29, 0.717) is 6.61 Å². The summed E-state index contributed by atoms with van der Waals surface area (Å²) in [5.41, 5.74) is 0.884.